The molecule has 0 saturated carbocycles. The van der Waals surface area contributed by atoms with Crippen LogP contribution in [0.5, 0.6) is 0 Å². The topological polar surface area (TPSA) is 0 Å². The highest BCUT2D eigenvalue weighted by Gasteiger charge is 1.93. The van der Waals surface area contributed by atoms with Crippen molar-refractivity contribution in [1.82, 2.24) is 0 Å². The molecule has 0 fully saturated rings. The zero-order chi connectivity index (χ0) is 12.8. The van der Waals surface area contributed by atoms with Crippen molar-refractivity contribution in [2.45, 2.75) is 84.5 Å². The molecule has 0 rings (SSSR count). The summed E-state index contributed by atoms with van der Waals surface area (Å²) in [6.07, 6.45) is 19.2. The molecule has 0 saturated heterocycles. The third-order valence-electron chi connectivity index (χ3n) is 3.30. The largest absolute Gasteiger partial charge is 0.0988 e. The van der Waals surface area contributed by atoms with Crippen molar-refractivity contribution in [2.24, 2.45) is 0 Å². The Balaban J connectivity index is 3.52. The van der Waals surface area contributed by atoms with Gasteiger partial charge in [0.05, 0.1) is 0 Å². The molecule has 0 amide bonds. The van der Waals surface area contributed by atoms with Crippen molar-refractivity contribution in [3.8, 4) is 0 Å². The molecular weight excluding hydrogens is 204 g/mol. The Labute approximate surface area is 109 Å². The normalized spacial score (nSPS) is 11.8. The Morgan fingerprint density at radius 2 is 1.41 bits per heavy atom. The number of hydrogen-bond donors (Lipinski definition) is 0. The molecule has 0 aromatic rings. The van der Waals surface area contributed by atoms with E-state index < -0.39 is 0 Å². The van der Waals surface area contributed by atoms with Gasteiger partial charge in [-0.05, 0) is 25.7 Å². The van der Waals surface area contributed by atoms with Gasteiger partial charge in [-0.15, -0.1) is 0 Å². The van der Waals surface area contributed by atoms with E-state index in [0.717, 1.165) is 0 Å². The minimum absolute atomic E-state index is 1.23. The van der Waals surface area contributed by atoms with Gasteiger partial charge >= 0.3 is 0 Å². The highest BCUT2D eigenvalue weighted by atomic mass is 14.0. The van der Waals surface area contributed by atoms with Crippen molar-refractivity contribution >= 4 is 0 Å². The highest BCUT2D eigenvalue weighted by Crippen LogP contribution is 2.13. The molecule has 0 aromatic heterocycles. The Kier molecular flexibility index (Phi) is 13.1. The molecule has 100 valence electrons. The average Bonchev–Trinajstić information content (AvgIpc) is 2.36. The summed E-state index contributed by atoms with van der Waals surface area (Å²) in [4.78, 5) is 0. The molecule has 0 heteroatoms. The van der Waals surface area contributed by atoms with Gasteiger partial charge in [0.15, 0.2) is 0 Å². The van der Waals surface area contributed by atoms with Gasteiger partial charge in [-0.2, -0.15) is 0 Å². The van der Waals surface area contributed by atoms with Crippen molar-refractivity contribution < 1.29 is 0 Å². The summed E-state index contributed by atoms with van der Waals surface area (Å²) in [7, 11) is 0. The molecule has 0 N–H and O–H groups in total. The van der Waals surface area contributed by atoms with Crippen LogP contribution in [0, 0.1) is 0 Å². The summed E-state index contributed by atoms with van der Waals surface area (Å²) in [6, 6.07) is 0. The molecule has 0 atom stereocenters. The first-order valence-electron chi connectivity index (χ1n) is 7.66. The standard InChI is InChI=1S/C17H32/c1-4-7-9-11-12-14-16-17(6-3)15-13-10-8-5-2/h6,16H,3-5,7-15H2,1-2H3. The monoisotopic (exact) mass is 236 g/mol. The van der Waals surface area contributed by atoms with Crippen LogP contribution in [0.25, 0.3) is 0 Å². The Bertz CT molecular complexity index is 188. The van der Waals surface area contributed by atoms with E-state index >= 15 is 0 Å². The van der Waals surface area contributed by atoms with Gasteiger partial charge in [0.2, 0.25) is 0 Å². The second-order valence-electron chi connectivity index (χ2n) is 5.00. The minimum Gasteiger partial charge on any atom is -0.0988 e. The van der Waals surface area contributed by atoms with E-state index in [9.17, 15) is 0 Å². The fraction of sp³-hybridized carbons (Fsp3) is 0.765. The molecule has 17 heavy (non-hydrogen) atoms. The van der Waals surface area contributed by atoms with E-state index in [2.05, 4.69) is 32.6 Å². The maximum Gasteiger partial charge on any atom is -0.0282 e. The van der Waals surface area contributed by atoms with Crippen LogP contribution in [0.15, 0.2) is 24.3 Å². The Morgan fingerprint density at radius 1 is 0.824 bits per heavy atom. The fourth-order valence-electron chi connectivity index (χ4n) is 2.08. The highest BCUT2D eigenvalue weighted by molar-refractivity contribution is 5.15. The summed E-state index contributed by atoms with van der Waals surface area (Å²) in [5, 5.41) is 0. The van der Waals surface area contributed by atoms with Crippen LogP contribution < -0.4 is 0 Å². The molecule has 0 unspecified atom stereocenters. The van der Waals surface area contributed by atoms with Crippen LogP contribution in [0.4, 0.5) is 0 Å². The maximum absolute atomic E-state index is 3.92. The lowest BCUT2D eigenvalue weighted by atomic mass is 10.0. The molecule has 0 aromatic carbocycles. The summed E-state index contributed by atoms with van der Waals surface area (Å²) >= 11 is 0. The van der Waals surface area contributed by atoms with Gasteiger partial charge in [-0.25, -0.2) is 0 Å². The second kappa shape index (κ2) is 13.5. The van der Waals surface area contributed by atoms with Gasteiger partial charge < -0.3 is 0 Å². The summed E-state index contributed by atoms with van der Waals surface area (Å²) in [5.74, 6) is 0. The Morgan fingerprint density at radius 3 is 2.00 bits per heavy atom. The molecule has 0 spiro atoms. The minimum atomic E-state index is 1.23. The molecular formula is C17H32. The van der Waals surface area contributed by atoms with Gasteiger partial charge in [0, 0.05) is 0 Å². The van der Waals surface area contributed by atoms with Gasteiger partial charge in [0.1, 0.15) is 0 Å². The van der Waals surface area contributed by atoms with Gasteiger partial charge in [0.25, 0.3) is 0 Å². The zero-order valence-electron chi connectivity index (χ0n) is 12.1. The van der Waals surface area contributed by atoms with E-state index in [1.54, 1.807) is 0 Å². The van der Waals surface area contributed by atoms with E-state index in [4.69, 9.17) is 0 Å². The van der Waals surface area contributed by atoms with Crippen LogP contribution in [-0.2, 0) is 0 Å². The maximum atomic E-state index is 3.92. The van der Waals surface area contributed by atoms with Crippen molar-refractivity contribution in [3.63, 3.8) is 0 Å². The molecule has 0 bridgehead atoms. The summed E-state index contributed by atoms with van der Waals surface area (Å²) < 4.78 is 0. The molecule has 0 nitrogen and oxygen atoms in total. The first-order valence-corrected chi connectivity index (χ1v) is 7.66. The molecule has 0 heterocycles. The first-order chi connectivity index (χ1) is 8.35. The second-order valence-corrected chi connectivity index (χ2v) is 5.00. The average molecular weight is 236 g/mol. The van der Waals surface area contributed by atoms with Gasteiger partial charge in [-0.1, -0.05) is 83.1 Å². The number of allylic oxidation sites excluding steroid dienone is 3. The van der Waals surface area contributed by atoms with Crippen LogP contribution in [0.1, 0.15) is 84.5 Å². The summed E-state index contributed by atoms with van der Waals surface area (Å²) in [5.41, 5.74) is 1.47. The quantitative estimate of drug-likeness (QED) is 0.270. The predicted molar refractivity (Wildman–Crippen MR) is 80.4 cm³/mol. The number of rotatable bonds is 12. The zero-order valence-corrected chi connectivity index (χ0v) is 12.1. The van der Waals surface area contributed by atoms with Crippen molar-refractivity contribution in [3.05, 3.63) is 24.3 Å². The fourth-order valence-corrected chi connectivity index (χ4v) is 2.08. The van der Waals surface area contributed by atoms with Crippen LogP contribution in [-0.4, -0.2) is 0 Å². The van der Waals surface area contributed by atoms with Crippen LogP contribution >= 0.6 is 0 Å². The number of unbranched alkanes of at least 4 members (excludes halogenated alkanes) is 8. The Hall–Kier alpha value is -0.520. The smallest absolute Gasteiger partial charge is 0.0282 e. The van der Waals surface area contributed by atoms with Crippen molar-refractivity contribution in [2.75, 3.05) is 0 Å². The first kappa shape index (κ1) is 16.5. The van der Waals surface area contributed by atoms with Crippen LogP contribution in [0.2, 0.25) is 0 Å². The summed E-state index contributed by atoms with van der Waals surface area (Å²) in [6.45, 7) is 8.45. The lowest BCUT2D eigenvalue weighted by Crippen LogP contribution is -1.83. The van der Waals surface area contributed by atoms with Crippen molar-refractivity contribution in [1.29, 1.82) is 0 Å². The van der Waals surface area contributed by atoms with E-state index in [-0.39, 0.29) is 0 Å². The van der Waals surface area contributed by atoms with Crippen LogP contribution in [0.3, 0.4) is 0 Å². The molecule has 0 radical (unpaired) electrons. The lowest BCUT2D eigenvalue weighted by molar-refractivity contribution is 0.634. The van der Waals surface area contributed by atoms with E-state index in [1.807, 2.05) is 0 Å². The third kappa shape index (κ3) is 11.7. The number of hydrogen-bond acceptors (Lipinski definition) is 0. The van der Waals surface area contributed by atoms with Gasteiger partial charge in [-0.3, -0.25) is 0 Å². The van der Waals surface area contributed by atoms with E-state index in [1.165, 1.54) is 76.2 Å². The SMILES string of the molecule is C=CC(=CCCCCCCC)CCCCCC. The predicted octanol–water partition coefficient (Wildman–Crippen LogP) is 6.43. The third-order valence-corrected chi connectivity index (χ3v) is 3.30. The molecule has 0 aliphatic rings. The lowest BCUT2D eigenvalue weighted by Gasteiger charge is -2.02. The van der Waals surface area contributed by atoms with E-state index in [0.29, 0.717) is 0 Å². The molecule has 0 aliphatic carbocycles. The molecule has 0 aliphatic heterocycles.